The number of benzene rings is 1. The predicted octanol–water partition coefficient (Wildman–Crippen LogP) is 2.51. The highest BCUT2D eigenvalue weighted by Crippen LogP contribution is 2.18. The van der Waals surface area contributed by atoms with E-state index in [4.69, 9.17) is 0 Å². The SMILES string of the molecule is CCn1cc(NC(=O)c2ccc(C)cc2NC)cn1. The molecule has 2 N–H and O–H groups in total. The summed E-state index contributed by atoms with van der Waals surface area (Å²) in [5, 5.41) is 10.0. The minimum atomic E-state index is -0.139. The molecule has 1 aromatic carbocycles. The van der Waals surface area contributed by atoms with Crippen LogP contribution in [0.1, 0.15) is 22.8 Å². The van der Waals surface area contributed by atoms with Crippen LogP contribution >= 0.6 is 0 Å². The molecule has 2 rings (SSSR count). The van der Waals surface area contributed by atoms with Gasteiger partial charge >= 0.3 is 0 Å². The molecule has 0 fully saturated rings. The molecule has 0 aliphatic heterocycles. The molecule has 0 radical (unpaired) electrons. The second kappa shape index (κ2) is 5.56. The number of hydrogen-bond donors (Lipinski definition) is 2. The molecule has 0 spiro atoms. The molecule has 0 bridgehead atoms. The maximum absolute atomic E-state index is 12.2. The van der Waals surface area contributed by atoms with E-state index in [9.17, 15) is 4.79 Å². The van der Waals surface area contributed by atoms with Crippen molar-refractivity contribution in [1.29, 1.82) is 0 Å². The van der Waals surface area contributed by atoms with Crippen molar-refractivity contribution in [2.45, 2.75) is 20.4 Å². The van der Waals surface area contributed by atoms with Crippen molar-refractivity contribution >= 4 is 17.3 Å². The highest BCUT2D eigenvalue weighted by molar-refractivity contribution is 6.08. The predicted molar refractivity (Wildman–Crippen MR) is 76.6 cm³/mol. The number of amides is 1. The molecule has 0 saturated carbocycles. The summed E-state index contributed by atoms with van der Waals surface area (Å²) in [4.78, 5) is 12.2. The Bertz CT molecular complexity index is 589. The van der Waals surface area contributed by atoms with Gasteiger partial charge in [-0.1, -0.05) is 6.07 Å². The van der Waals surface area contributed by atoms with Gasteiger partial charge in [0.05, 0.1) is 17.4 Å². The number of anilines is 2. The Balaban J connectivity index is 2.20. The summed E-state index contributed by atoms with van der Waals surface area (Å²) in [5.41, 5.74) is 3.26. The molecule has 2 aromatic rings. The molecule has 0 saturated heterocycles. The fraction of sp³-hybridized carbons (Fsp3) is 0.286. The van der Waals surface area contributed by atoms with Crippen LogP contribution in [-0.4, -0.2) is 22.7 Å². The van der Waals surface area contributed by atoms with Crippen LogP contribution in [0.2, 0.25) is 0 Å². The summed E-state index contributed by atoms with van der Waals surface area (Å²) in [5.74, 6) is -0.139. The molecule has 5 heteroatoms. The van der Waals surface area contributed by atoms with E-state index in [0.29, 0.717) is 11.3 Å². The number of nitrogens with one attached hydrogen (secondary N) is 2. The fourth-order valence-electron chi connectivity index (χ4n) is 1.86. The Hall–Kier alpha value is -2.30. The van der Waals surface area contributed by atoms with E-state index < -0.39 is 0 Å². The summed E-state index contributed by atoms with van der Waals surface area (Å²) in [6, 6.07) is 5.69. The first kappa shape index (κ1) is 13.1. The zero-order valence-electron chi connectivity index (χ0n) is 11.4. The van der Waals surface area contributed by atoms with Gasteiger partial charge < -0.3 is 10.6 Å². The largest absolute Gasteiger partial charge is 0.387 e. The number of rotatable bonds is 4. The van der Waals surface area contributed by atoms with Gasteiger partial charge in [-0.25, -0.2) is 0 Å². The zero-order chi connectivity index (χ0) is 13.8. The number of carbonyl (C=O) groups is 1. The normalized spacial score (nSPS) is 10.3. The summed E-state index contributed by atoms with van der Waals surface area (Å²) in [7, 11) is 1.81. The van der Waals surface area contributed by atoms with Gasteiger partial charge in [0.25, 0.3) is 5.91 Å². The number of aryl methyl sites for hydroxylation is 2. The van der Waals surface area contributed by atoms with Crippen LogP contribution in [0.5, 0.6) is 0 Å². The van der Waals surface area contributed by atoms with E-state index in [1.54, 1.807) is 17.9 Å². The highest BCUT2D eigenvalue weighted by Gasteiger charge is 2.11. The van der Waals surface area contributed by atoms with Crippen molar-refractivity contribution < 1.29 is 4.79 Å². The lowest BCUT2D eigenvalue weighted by Gasteiger charge is -2.09. The molecule has 0 aliphatic rings. The lowest BCUT2D eigenvalue weighted by Crippen LogP contribution is -2.13. The van der Waals surface area contributed by atoms with E-state index >= 15 is 0 Å². The Morgan fingerprint density at radius 1 is 1.42 bits per heavy atom. The summed E-state index contributed by atoms with van der Waals surface area (Å²) < 4.78 is 1.77. The topological polar surface area (TPSA) is 59.0 Å². The molecule has 19 heavy (non-hydrogen) atoms. The van der Waals surface area contributed by atoms with E-state index in [0.717, 1.165) is 17.8 Å². The number of carbonyl (C=O) groups excluding carboxylic acids is 1. The molecule has 0 unspecified atom stereocenters. The van der Waals surface area contributed by atoms with Gasteiger partial charge in [-0.2, -0.15) is 5.10 Å². The van der Waals surface area contributed by atoms with Crippen LogP contribution in [0, 0.1) is 6.92 Å². The highest BCUT2D eigenvalue weighted by atomic mass is 16.1. The second-order valence-electron chi connectivity index (χ2n) is 4.34. The molecule has 1 aromatic heterocycles. The average molecular weight is 258 g/mol. The average Bonchev–Trinajstić information content (AvgIpc) is 2.86. The first-order valence-corrected chi connectivity index (χ1v) is 6.26. The number of nitrogens with zero attached hydrogens (tertiary/aromatic N) is 2. The van der Waals surface area contributed by atoms with Gasteiger partial charge in [0.1, 0.15) is 0 Å². The van der Waals surface area contributed by atoms with E-state index in [1.165, 1.54) is 0 Å². The smallest absolute Gasteiger partial charge is 0.257 e. The van der Waals surface area contributed by atoms with Crippen LogP contribution in [0.25, 0.3) is 0 Å². The third-order valence-electron chi connectivity index (χ3n) is 2.90. The Kier molecular flexibility index (Phi) is 3.85. The monoisotopic (exact) mass is 258 g/mol. The van der Waals surface area contributed by atoms with E-state index in [1.807, 2.05) is 38.2 Å². The minimum Gasteiger partial charge on any atom is -0.387 e. The van der Waals surface area contributed by atoms with Crippen molar-refractivity contribution in [3.63, 3.8) is 0 Å². The maximum atomic E-state index is 12.2. The molecule has 0 atom stereocenters. The molecule has 5 nitrogen and oxygen atoms in total. The van der Waals surface area contributed by atoms with Gasteiger partial charge in [-0.3, -0.25) is 9.48 Å². The van der Waals surface area contributed by atoms with Crippen molar-refractivity contribution in [2.24, 2.45) is 0 Å². The van der Waals surface area contributed by atoms with Gasteiger partial charge in [0.2, 0.25) is 0 Å². The Labute approximate surface area is 112 Å². The van der Waals surface area contributed by atoms with Crippen molar-refractivity contribution in [3.05, 3.63) is 41.7 Å². The lowest BCUT2D eigenvalue weighted by molar-refractivity contribution is 0.102. The summed E-state index contributed by atoms with van der Waals surface area (Å²) >= 11 is 0. The lowest BCUT2D eigenvalue weighted by atomic mass is 10.1. The van der Waals surface area contributed by atoms with Crippen molar-refractivity contribution in [1.82, 2.24) is 9.78 Å². The fourth-order valence-corrected chi connectivity index (χ4v) is 1.86. The standard InChI is InChI=1S/C14H18N4O/c1-4-18-9-11(8-16-18)17-14(19)12-6-5-10(2)7-13(12)15-3/h5-9,15H,4H2,1-3H3,(H,17,19). The van der Waals surface area contributed by atoms with Gasteiger partial charge in [-0.05, 0) is 31.5 Å². The van der Waals surface area contributed by atoms with Gasteiger partial charge in [-0.15, -0.1) is 0 Å². The van der Waals surface area contributed by atoms with Crippen LogP contribution < -0.4 is 10.6 Å². The maximum Gasteiger partial charge on any atom is 0.257 e. The van der Waals surface area contributed by atoms with Crippen LogP contribution in [0.3, 0.4) is 0 Å². The van der Waals surface area contributed by atoms with E-state index in [2.05, 4.69) is 15.7 Å². The van der Waals surface area contributed by atoms with Gasteiger partial charge in [0, 0.05) is 25.5 Å². The Morgan fingerprint density at radius 2 is 2.21 bits per heavy atom. The molecule has 1 heterocycles. The van der Waals surface area contributed by atoms with Crippen molar-refractivity contribution in [3.8, 4) is 0 Å². The van der Waals surface area contributed by atoms with E-state index in [-0.39, 0.29) is 5.91 Å². The molecular weight excluding hydrogens is 240 g/mol. The summed E-state index contributed by atoms with van der Waals surface area (Å²) in [6.07, 6.45) is 3.46. The van der Waals surface area contributed by atoms with Gasteiger partial charge in [0.15, 0.2) is 0 Å². The second-order valence-corrected chi connectivity index (χ2v) is 4.34. The summed E-state index contributed by atoms with van der Waals surface area (Å²) in [6.45, 7) is 4.77. The molecule has 0 aliphatic carbocycles. The molecular formula is C14H18N4O. The first-order valence-electron chi connectivity index (χ1n) is 6.26. The zero-order valence-corrected chi connectivity index (χ0v) is 11.4. The molecule has 1 amide bonds. The van der Waals surface area contributed by atoms with Crippen LogP contribution in [-0.2, 0) is 6.54 Å². The number of hydrogen-bond acceptors (Lipinski definition) is 3. The minimum absolute atomic E-state index is 0.139. The van der Waals surface area contributed by atoms with Crippen LogP contribution in [0.4, 0.5) is 11.4 Å². The number of aromatic nitrogens is 2. The third kappa shape index (κ3) is 2.93. The quantitative estimate of drug-likeness (QED) is 0.885. The first-order chi connectivity index (χ1) is 9.13. The van der Waals surface area contributed by atoms with Crippen LogP contribution in [0.15, 0.2) is 30.6 Å². The Morgan fingerprint density at radius 3 is 2.84 bits per heavy atom. The molecule has 100 valence electrons. The third-order valence-corrected chi connectivity index (χ3v) is 2.90. The van der Waals surface area contributed by atoms with Crippen molar-refractivity contribution in [2.75, 3.05) is 17.7 Å².